The van der Waals surface area contributed by atoms with Crippen molar-refractivity contribution in [2.24, 2.45) is 0 Å². The van der Waals surface area contributed by atoms with Gasteiger partial charge in [0, 0.05) is 30.2 Å². The third-order valence-electron chi connectivity index (χ3n) is 6.62. The first-order chi connectivity index (χ1) is 15.8. The number of hydrogen-bond donors (Lipinski definition) is 1. The molecule has 1 saturated heterocycles. The Balaban J connectivity index is 1.39. The molecule has 2 fully saturated rings. The second-order valence-electron chi connectivity index (χ2n) is 9.56. The van der Waals surface area contributed by atoms with Crippen LogP contribution in [-0.2, 0) is 10.2 Å². The average molecular weight is 447 g/mol. The summed E-state index contributed by atoms with van der Waals surface area (Å²) in [6.07, 6.45) is 11.6. The van der Waals surface area contributed by atoms with Gasteiger partial charge in [0.05, 0.1) is 30.2 Å². The highest BCUT2D eigenvalue weighted by Gasteiger charge is 2.55. The Bertz CT molecular complexity index is 1380. The van der Waals surface area contributed by atoms with Crippen molar-refractivity contribution < 1.29 is 14.3 Å². The predicted octanol–water partition coefficient (Wildman–Crippen LogP) is 3.02. The zero-order valence-electron chi connectivity index (χ0n) is 18.8. The number of fused-ring (bicyclic) bond motifs is 4. The Hall–Kier alpha value is -3.53. The maximum absolute atomic E-state index is 13.3. The van der Waals surface area contributed by atoms with Gasteiger partial charge in [0.2, 0.25) is 11.7 Å². The van der Waals surface area contributed by atoms with Gasteiger partial charge in [-0.25, -0.2) is 14.5 Å². The smallest absolute Gasteiger partial charge is 0.262 e. The number of rotatable bonds is 5. The molecule has 1 saturated carbocycles. The topological polar surface area (TPSA) is 108 Å². The number of carbonyl (C=O) groups is 1. The van der Waals surface area contributed by atoms with E-state index in [1.807, 2.05) is 20.0 Å². The number of amides is 1. The molecule has 33 heavy (non-hydrogen) atoms. The lowest BCUT2D eigenvalue weighted by atomic mass is 9.84. The van der Waals surface area contributed by atoms with Crippen LogP contribution in [0.2, 0.25) is 0 Å². The van der Waals surface area contributed by atoms with Gasteiger partial charge in [0.15, 0.2) is 5.65 Å². The predicted molar refractivity (Wildman–Crippen MR) is 120 cm³/mol. The van der Waals surface area contributed by atoms with Crippen LogP contribution in [0.3, 0.4) is 0 Å². The van der Waals surface area contributed by atoms with Crippen LogP contribution in [0.15, 0.2) is 37.1 Å². The van der Waals surface area contributed by atoms with Gasteiger partial charge in [-0.2, -0.15) is 10.1 Å². The summed E-state index contributed by atoms with van der Waals surface area (Å²) in [4.78, 5) is 27.0. The number of anilines is 1. The van der Waals surface area contributed by atoms with Crippen LogP contribution in [0.4, 0.5) is 5.69 Å². The van der Waals surface area contributed by atoms with E-state index in [1.165, 1.54) is 0 Å². The van der Waals surface area contributed by atoms with Crippen molar-refractivity contribution in [2.75, 3.05) is 11.9 Å². The SMILES string of the molecule is CC(C)Oc1nc2nc([C@@]34CC[C@@](C)(C3)OC4)cn2cc1C(=O)Nc1cnn2cccnc12. The van der Waals surface area contributed by atoms with Gasteiger partial charge < -0.3 is 14.8 Å². The molecule has 170 valence electrons. The second kappa shape index (κ2) is 6.98. The van der Waals surface area contributed by atoms with Gasteiger partial charge in [-0.3, -0.25) is 9.20 Å². The lowest BCUT2D eigenvalue weighted by Gasteiger charge is -2.24. The fraction of sp³-hybridized carbons (Fsp3) is 0.435. The molecular weight excluding hydrogens is 422 g/mol. The molecule has 2 aliphatic rings. The Kier molecular flexibility index (Phi) is 4.25. The summed E-state index contributed by atoms with van der Waals surface area (Å²) in [6, 6.07) is 1.77. The Morgan fingerprint density at radius 2 is 2.15 bits per heavy atom. The minimum atomic E-state index is -0.355. The van der Waals surface area contributed by atoms with Crippen LogP contribution in [0.1, 0.15) is 56.1 Å². The van der Waals surface area contributed by atoms with Crippen molar-refractivity contribution in [1.82, 2.24) is 29.0 Å². The summed E-state index contributed by atoms with van der Waals surface area (Å²) in [7, 11) is 0. The highest BCUT2D eigenvalue weighted by atomic mass is 16.5. The first kappa shape index (κ1) is 20.1. The fourth-order valence-corrected chi connectivity index (χ4v) is 4.98. The molecule has 5 heterocycles. The zero-order valence-corrected chi connectivity index (χ0v) is 18.8. The van der Waals surface area contributed by atoms with E-state index in [1.54, 1.807) is 39.8 Å². The van der Waals surface area contributed by atoms with Gasteiger partial charge in [0.25, 0.3) is 5.91 Å². The van der Waals surface area contributed by atoms with Crippen molar-refractivity contribution in [3.63, 3.8) is 0 Å². The van der Waals surface area contributed by atoms with E-state index in [-0.39, 0.29) is 28.9 Å². The normalized spacial score (nSPS) is 24.2. The molecule has 0 aromatic carbocycles. The number of nitrogens with zero attached hydrogens (tertiary/aromatic N) is 6. The summed E-state index contributed by atoms with van der Waals surface area (Å²) in [5, 5.41) is 7.12. The van der Waals surface area contributed by atoms with Crippen molar-refractivity contribution in [3.8, 4) is 5.88 Å². The van der Waals surface area contributed by atoms with Gasteiger partial charge in [-0.1, -0.05) is 0 Å². The molecule has 0 radical (unpaired) electrons. The molecule has 0 spiro atoms. The monoisotopic (exact) mass is 447 g/mol. The summed E-state index contributed by atoms with van der Waals surface area (Å²) in [5.41, 5.74) is 2.17. The molecule has 2 atom stereocenters. The van der Waals surface area contributed by atoms with Crippen molar-refractivity contribution >= 4 is 23.0 Å². The van der Waals surface area contributed by atoms with E-state index >= 15 is 0 Å². The molecule has 6 rings (SSSR count). The second-order valence-corrected chi connectivity index (χ2v) is 9.56. The van der Waals surface area contributed by atoms with E-state index in [0.29, 0.717) is 29.3 Å². The van der Waals surface area contributed by atoms with Crippen molar-refractivity contribution in [1.29, 1.82) is 0 Å². The number of imidazole rings is 1. The molecule has 0 unspecified atom stereocenters. The molecule has 10 heteroatoms. The van der Waals surface area contributed by atoms with Crippen LogP contribution in [-0.4, -0.2) is 53.2 Å². The highest BCUT2D eigenvalue weighted by Crippen LogP contribution is 2.53. The Morgan fingerprint density at radius 1 is 1.27 bits per heavy atom. The van der Waals surface area contributed by atoms with Crippen molar-refractivity contribution in [3.05, 3.63) is 48.3 Å². The number of aromatic nitrogens is 6. The third kappa shape index (κ3) is 3.24. The third-order valence-corrected chi connectivity index (χ3v) is 6.62. The molecule has 4 aromatic heterocycles. The first-order valence-electron chi connectivity index (χ1n) is 11.1. The van der Waals surface area contributed by atoms with E-state index in [2.05, 4.69) is 27.3 Å². The van der Waals surface area contributed by atoms with E-state index in [9.17, 15) is 4.79 Å². The summed E-state index contributed by atoms with van der Waals surface area (Å²) >= 11 is 0. The largest absolute Gasteiger partial charge is 0.474 e. The number of ether oxygens (including phenoxy) is 2. The van der Waals surface area contributed by atoms with Crippen LogP contribution in [0, 0.1) is 0 Å². The van der Waals surface area contributed by atoms with Crippen LogP contribution < -0.4 is 10.1 Å². The Morgan fingerprint density at radius 3 is 2.88 bits per heavy atom. The van der Waals surface area contributed by atoms with Crippen molar-refractivity contribution in [2.45, 2.75) is 57.2 Å². The minimum Gasteiger partial charge on any atom is -0.474 e. The first-order valence-corrected chi connectivity index (χ1v) is 11.1. The van der Waals surface area contributed by atoms with E-state index in [4.69, 9.17) is 14.5 Å². The van der Waals surface area contributed by atoms with Crippen LogP contribution in [0.5, 0.6) is 5.88 Å². The molecular formula is C23H25N7O3. The quantitative estimate of drug-likeness (QED) is 0.501. The molecule has 4 aromatic rings. The number of nitrogens with one attached hydrogen (secondary N) is 1. The molecule has 1 aliphatic carbocycles. The van der Waals surface area contributed by atoms with E-state index in [0.717, 1.165) is 25.0 Å². The lowest BCUT2D eigenvalue weighted by Crippen LogP contribution is -2.26. The summed E-state index contributed by atoms with van der Waals surface area (Å²) in [5.74, 6) is 0.393. The van der Waals surface area contributed by atoms with Gasteiger partial charge >= 0.3 is 0 Å². The minimum absolute atomic E-state index is 0.0669. The van der Waals surface area contributed by atoms with Gasteiger partial charge in [-0.15, -0.1) is 0 Å². The number of carbonyl (C=O) groups excluding carboxylic acids is 1. The Labute approximate surface area is 190 Å². The average Bonchev–Trinajstić information content (AvgIpc) is 3.54. The molecule has 1 amide bonds. The summed E-state index contributed by atoms with van der Waals surface area (Å²) in [6.45, 7) is 6.63. The molecule has 10 nitrogen and oxygen atoms in total. The molecule has 2 bridgehead atoms. The van der Waals surface area contributed by atoms with Crippen LogP contribution in [0.25, 0.3) is 11.4 Å². The summed E-state index contributed by atoms with van der Waals surface area (Å²) < 4.78 is 15.4. The maximum Gasteiger partial charge on any atom is 0.262 e. The van der Waals surface area contributed by atoms with E-state index < -0.39 is 0 Å². The van der Waals surface area contributed by atoms with Gasteiger partial charge in [-0.05, 0) is 46.1 Å². The lowest BCUT2D eigenvalue weighted by molar-refractivity contribution is -0.00627. The standard InChI is InChI=1S/C23H25N7O3/c1-14(2)33-20-15(19(31)26-16-9-25-30-8-4-7-24-18(16)30)10-29-11-17(27-21(29)28-20)23-6-5-22(3,12-23)32-13-23/h4,7-11,14H,5-6,12-13H2,1-3H3,(H,26,31)/t22-,23-/m0/s1. The maximum atomic E-state index is 13.3. The zero-order chi connectivity index (χ0) is 22.8. The van der Waals surface area contributed by atoms with Gasteiger partial charge in [0.1, 0.15) is 11.3 Å². The number of hydrogen-bond acceptors (Lipinski definition) is 7. The highest BCUT2D eigenvalue weighted by molar-refractivity contribution is 6.07. The molecule has 1 aliphatic heterocycles. The fourth-order valence-electron chi connectivity index (χ4n) is 4.98. The van der Waals surface area contributed by atoms with Crippen LogP contribution >= 0.6 is 0 Å². The molecule has 1 N–H and O–H groups in total.